The lowest BCUT2D eigenvalue weighted by Crippen LogP contribution is -2.40. The molecule has 0 saturated heterocycles. The first-order valence-corrected chi connectivity index (χ1v) is 10.8. The predicted octanol–water partition coefficient (Wildman–Crippen LogP) is 5.74. The molecule has 8 nitrogen and oxygen atoms in total. The van der Waals surface area contributed by atoms with E-state index in [1.165, 1.54) is 0 Å². The molecule has 0 N–H and O–H groups in total. The molecule has 4 aromatic rings. The normalized spacial score (nSPS) is 21.4. The maximum atomic E-state index is 11.2. The first-order valence-electron chi connectivity index (χ1n) is 10.8. The Balaban J connectivity index is 1.64. The standard InChI is InChI=1S/C26H20N4O4/c31-29(32)21-5-1-17(2-6-21)23-25(19-9-13-27-14-10-19)24(26(23)20-11-15-28-16-12-20)18-3-7-22(8-4-18)30(33)34/h1-16,23-26H. The van der Waals surface area contributed by atoms with Crippen LogP contribution in [0.25, 0.3) is 0 Å². The summed E-state index contributed by atoms with van der Waals surface area (Å²) in [6.45, 7) is 0. The van der Waals surface area contributed by atoms with Gasteiger partial charge in [-0.1, -0.05) is 24.3 Å². The molecule has 0 amide bonds. The van der Waals surface area contributed by atoms with E-state index in [1.807, 2.05) is 48.5 Å². The number of nitro benzene ring substituents is 2. The van der Waals surface area contributed by atoms with Crippen LogP contribution in [0.2, 0.25) is 0 Å². The Bertz CT molecular complexity index is 1200. The van der Waals surface area contributed by atoms with Gasteiger partial charge in [-0.15, -0.1) is 0 Å². The highest BCUT2D eigenvalue weighted by atomic mass is 16.6. The largest absolute Gasteiger partial charge is 0.269 e. The molecular formula is C26H20N4O4. The Morgan fingerprint density at radius 2 is 0.735 bits per heavy atom. The van der Waals surface area contributed by atoms with Gasteiger partial charge in [0.15, 0.2) is 0 Å². The molecule has 0 radical (unpaired) electrons. The van der Waals surface area contributed by atoms with Gasteiger partial charge in [0, 0.05) is 49.1 Å². The Hall–Kier alpha value is -4.46. The summed E-state index contributed by atoms with van der Waals surface area (Å²) in [5.74, 6) is 0.213. The minimum Gasteiger partial charge on any atom is -0.265 e. The van der Waals surface area contributed by atoms with Gasteiger partial charge < -0.3 is 0 Å². The summed E-state index contributed by atoms with van der Waals surface area (Å²) in [5.41, 5.74) is 4.32. The van der Waals surface area contributed by atoms with Crippen LogP contribution < -0.4 is 0 Å². The summed E-state index contributed by atoms with van der Waals surface area (Å²) < 4.78 is 0. The Kier molecular flexibility index (Phi) is 5.55. The van der Waals surface area contributed by atoms with Crippen LogP contribution in [0.15, 0.2) is 97.6 Å². The molecule has 2 aromatic heterocycles. The number of hydrogen-bond donors (Lipinski definition) is 0. The molecule has 2 aromatic carbocycles. The Labute approximate surface area is 195 Å². The van der Waals surface area contributed by atoms with Crippen LogP contribution in [-0.2, 0) is 0 Å². The quantitative estimate of drug-likeness (QED) is 0.272. The van der Waals surface area contributed by atoms with E-state index >= 15 is 0 Å². The smallest absolute Gasteiger partial charge is 0.265 e. The lowest BCUT2D eigenvalue weighted by atomic mass is 9.49. The van der Waals surface area contributed by atoms with Crippen LogP contribution in [0.1, 0.15) is 45.9 Å². The molecule has 5 rings (SSSR count). The third kappa shape index (κ3) is 3.79. The topological polar surface area (TPSA) is 112 Å². The van der Waals surface area contributed by atoms with Crippen LogP contribution >= 0.6 is 0 Å². The number of benzene rings is 2. The monoisotopic (exact) mass is 452 g/mol. The molecular weight excluding hydrogens is 432 g/mol. The lowest BCUT2D eigenvalue weighted by molar-refractivity contribution is -0.385. The second-order valence-electron chi connectivity index (χ2n) is 8.36. The molecule has 0 unspecified atom stereocenters. The minimum atomic E-state index is -0.398. The fraction of sp³-hybridized carbons (Fsp3) is 0.154. The fourth-order valence-corrected chi connectivity index (χ4v) is 5.21. The van der Waals surface area contributed by atoms with Crippen molar-refractivity contribution in [1.29, 1.82) is 0 Å². The molecule has 168 valence electrons. The predicted molar refractivity (Wildman–Crippen MR) is 126 cm³/mol. The van der Waals surface area contributed by atoms with E-state index < -0.39 is 9.85 Å². The SMILES string of the molecule is O=[N+]([O-])c1ccc(C2C(c3ccncc3)C(c3ccc([N+](=O)[O-])cc3)C2c2ccncc2)cc1. The van der Waals surface area contributed by atoms with E-state index in [-0.39, 0.29) is 35.0 Å². The second-order valence-corrected chi connectivity index (χ2v) is 8.36. The Morgan fingerprint density at radius 1 is 0.471 bits per heavy atom. The average molecular weight is 452 g/mol. The van der Waals surface area contributed by atoms with Gasteiger partial charge in [-0.3, -0.25) is 30.2 Å². The number of non-ortho nitro benzene ring substituents is 2. The van der Waals surface area contributed by atoms with E-state index in [0.29, 0.717) is 0 Å². The highest BCUT2D eigenvalue weighted by Crippen LogP contribution is 2.66. The van der Waals surface area contributed by atoms with E-state index in [9.17, 15) is 20.2 Å². The van der Waals surface area contributed by atoms with Crippen molar-refractivity contribution in [1.82, 2.24) is 9.97 Å². The summed E-state index contributed by atoms with van der Waals surface area (Å²) in [4.78, 5) is 29.9. The van der Waals surface area contributed by atoms with E-state index in [1.54, 1.807) is 49.1 Å². The van der Waals surface area contributed by atoms with Gasteiger partial charge in [-0.25, -0.2) is 0 Å². The van der Waals surface area contributed by atoms with Crippen LogP contribution in [-0.4, -0.2) is 19.8 Å². The summed E-state index contributed by atoms with van der Waals surface area (Å²) in [6.07, 6.45) is 7.04. The van der Waals surface area contributed by atoms with Gasteiger partial charge in [0.1, 0.15) is 0 Å². The van der Waals surface area contributed by atoms with E-state index in [2.05, 4.69) is 9.97 Å². The molecule has 1 fully saturated rings. The molecule has 1 aliphatic rings. The second kappa shape index (κ2) is 8.82. The molecule has 1 saturated carbocycles. The fourth-order valence-electron chi connectivity index (χ4n) is 5.21. The zero-order chi connectivity index (χ0) is 23.7. The Morgan fingerprint density at radius 3 is 1.00 bits per heavy atom. The molecule has 0 bridgehead atoms. The molecule has 2 heterocycles. The molecule has 0 spiro atoms. The van der Waals surface area contributed by atoms with Gasteiger partial charge in [-0.2, -0.15) is 0 Å². The van der Waals surface area contributed by atoms with Gasteiger partial charge in [0.05, 0.1) is 9.85 Å². The molecule has 8 heteroatoms. The van der Waals surface area contributed by atoms with Crippen LogP contribution in [0.3, 0.4) is 0 Å². The first-order chi connectivity index (χ1) is 16.5. The maximum Gasteiger partial charge on any atom is 0.269 e. The lowest BCUT2D eigenvalue weighted by Gasteiger charge is -2.53. The van der Waals surface area contributed by atoms with Gasteiger partial charge in [-0.05, 0) is 70.2 Å². The van der Waals surface area contributed by atoms with Crippen molar-refractivity contribution in [2.24, 2.45) is 0 Å². The number of aromatic nitrogens is 2. The number of rotatable bonds is 6. The first kappa shape index (κ1) is 21.4. The number of nitro groups is 2. The maximum absolute atomic E-state index is 11.2. The summed E-state index contributed by atoms with van der Waals surface area (Å²) >= 11 is 0. The van der Waals surface area contributed by atoms with Crippen LogP contribution in [0, 0.1) is 20.2 Å². The number of nitrogens with zero attached hydrogens (tertiary/aromatic N) is 4. The molecule has 0 atom stereocenters. The van der Waals surface area contributed by atoms with Gasteiger partial charge in [0.25, 0.3) is 11.4 Å². The highest BCUT2D eigenvalue weighted by Gasteiger charge is 2.52. The van der Waals surface area contributed by atoms with Crippen LogP contribution in [0.5, 0.6) is 0 Å². The van der Waals surface area contributed by atoms with Crippen molar-refractivity contribution < 1.29 is 9.85 Å². The molecule has 0 aliphatic heterocycles. The van der Waals surface area contributed by atoms with Crippen molar-refractivity contribution in [3.63, 3.8) is 0 Å². The van der Waals surface area contributed by atoms with E-state index in [0.717, 1.165) is 22.3 Å². The zero-order valence-electron chi connectivity index (χ0n) is 18.0. The van der Waals surface area contributed by atoms with Crippen molar-refractivity contribution in [2.45, 2.75) is 23.7 Å². The third-order valence-corrected chi connectivity index (χ3v) is 6.71. The van der Waals surface area contributed by atoms with Gasteiger partial charge >= 0.3 is 0 Å². The van der Waals surface area contributed by atoms with E-state index in [4.69, 9.17) is 0 Å². The molecule has 1 aliphatic carbocycles. The highest BCUT2D eigenvalue weighted by molar-refractivity contribution is 5.49. The molecule has 34 heavy (non-hydrogen) atoms. The number of hydrogen-bond acceptors (Lipinski definition) is 6. The number of pyridine rings is 2. The summed E-state index contributed by atoms with van der Waals surface area (Å²) in [6, 6.07) is 21.5. The summed E-state index contributed by atoms with van der Waals surface area (Å²) in [5, 5.41) is 22.4. The summed E-state index contributed by atoms with van der Waals surface area (Å²) in [7, 11) is 0. The van der Waals surface area contributed by atoms with Crippen molar-refractivity contribution in [2.75, 3.05) is 0 Å². The zero-order valence-corrected chi connectivity index (χ0v) is 18.0. The third-order valence-electron chi connectivity index (χ3n) is 6.71. The van der Waals surface area contributed by atoms with Crippen molar-refractivity contribution >= 4 is 11.4 Å². The van der Waals surface area contributed by atoms with Crippen molar-refractivity contribution in [3.8, 4) is 0 Å². The van der Waals surface area contributed by atoms with Crippen molar-refractivity contribution in [3.05, 3.63) is 140 Å². The average Bonchev–Trinajstić information content (AvgIpc) is 2.85. The van der Waals surface area contributed by atoms with Crippen LogP contribution in [0.4, 0.5) is 11.4 Å². The minimum absolute atomic E-state index is 0.0470. The van der Waals surface area contributed by atoms with Gasteiger partial charge in [0.2, 0.25) is 0 Å².